The van der Waals surface area contributed by atoms with Gasteiger partial charge in [0.2, 0.25) is 0 Å². The van der Waals surface area contributed by atoms with Crippen LogP contribution in [0.5, 0.6) is 0 Å². The molecule has 27 heavy (non-hydrogen) atoms. The van der Waals surface area contributed by atoms with Crippen LogP contribution in [0.2, 0.25) is 5.02 Å². The minimum atomic E-state index is -0.930. The molecule has 2 unspecified atom stereocenters. The Hall–Kier alpha value is -2.66. The highest BCUT2D eigenvalue weighted by molar-refractivity contribution is 6.30. The predicted molar refractivity (Wildman–Crippen MR) is 104 cm³/mol. The topological polar surface area (TPSA) is 72.2 Å². The molecular formula is C21H17ClN2O3. The van der Waals surface area contributed by atoms with E-state index in [0.29, 0.717) is 29.3 Å². The van der Waals surface area contributed by atoms with Crippen LogP contribution >= 0.6 is 11.6 Å². The molecule has 5 nitrogen and oxygen atoms in total. The molecule has 6 heteroatoms. The van der Waals surface area contributed by atoms with Crippen molar-refractivity contribution < 1.29 is 9.90 Å². The standard InChI is InChI=1S/C21H17ClN2O3/c22-14-5-1-3-12(10-14)9-13-4-2-6-15-18(13)23-17-7-8-21(20(26)27)11-16(21)24(17)19(15)25/h1,3,5,7-10,16H,2,4,6,11H2,(H,26,27)/b13-9-. The van der Waals surface area contributed by atoms with Gasteiger partial charge in [0.15, 0.2) is 0 Å². The molecule has 2 aromatic rings. The number of fused-ring (bicyclic) bond motifs is 4. The zero-order valence-electron chi connectivity index (χ0n) is 14.5. The van der Waals surface area contributed by atoms with Crippen LogP contribution in [0.3, 0.4) is 0 Å². The highest BCUT2D eigenvalue weighted by Crippen LogP contribution is 2.59. The minimum absolute atomic E-state index is 0.0934. The van der Waals surface area contributed by atoms with Crippen LogP contribution in [0.15, 0.2) is 35.1 Å². The van der Waals surface area contributed by atoms with E-state index in [0.717, 1.165) is 29.7 Å². The van der Waals surface area contributed by atoms with Gasteiger partial charge in [-0.2, -0.15) is 0 Å². The fourth-order valence-corrected chi connectivity index (χ4v) is 4.49. The van der Waals surface area contributed by atoms with E-state index in [9.17, 15) is 14.7 Å². The van der Waals surface area contributed by atoms with Gasteiger partial charge in [-0.25, -0.2) is 4.98 Å². The maximum absolute atomic E-state index is 13.2. The number of aromatic nitrogens is 2. The van der Waals surface area contributed by atoms with E-state index in [-0.39, 0.29) is 11.6 Å². The van der Waals surface area contributed by atoms with Crippen molar-refractivity contribution in [2.45, 2.75) is 31.7 Å². The van der Waals surface area contributed by atoms with Crippen molar-refractivity contribution in [3.8, 4) is 0 Å². The highest BCUT2D eigenvalue weighted by atomic mass is 35.5. The first-order valence-corrected chi connectivity index (χ1v) is 9.42. The Morgan fingerprint density at radius 3 is 3.00 bits per heavy atom. The van der Waals surface area contributed by atoms with E-state index in [2.05, 4.69) is 0 Å². The van der Waals surface area contributed by atoms with E-state index in [1.54, 1.807) is 16.7 Å². The number of rotatable bonds is 2. The Morgan fingerprint density at radius 1 is 1.37 bits per heavy atom. The Bertz CT molecular complexity index is 1110. The Labute approximate surface area is 160 Å². The quantitative estimate of drug-likeness (QED) is 0.859. The van der Waals surface area contributed by atoms with E-state index in [4.69, 9.17) is 16.6 Å². The molecule has 1 aromatic heterocycles. The maximum Gasteiger partial charge on any atom is 0.315 e. The van der Waals surface area contributed by atoms with Crippen LogP contribution in [0.25, 0.3) is 17.7 Å². The monoisotopic (exact) mass is 380 g/mol. The van der Waals surface area contributed by atoms with Crippen LogP contribution in [0.4, 0.5) is 0 Å². The van der Waals surface area contributed by atoms with Gasteiger partial charge in [0, 0.05) is 10.6 Å². The third-order valence-corrected chi connectivity index (χ3v) is 6.04. The number of allylic oxidation sites excluding steroid dienone is 1. The van der Waals surface area contributed by atoms with Gasteiger partial charge in [0.05, 0.1) is 11.7 Å². The normalized spacial score (nSPS) is 26.3. The first-order valence-electron chi connectivity index (χ1n) is 9.04. The van der Waals surface area contributed by atoms with Gasteiger partial charge in [-0.15, -0.1) is 0 Å². The number of nitrogens with zero attached hydrogens (tertiary/aromatic N) is 2. The maximum atomic E-state index is 13.2. The van der Waals surface area contributed by atoms with Gasteiger partial charge in [0.1, 0.15) is 11.2 Å². The second-order valence-corrected chi connectivity index (χ2v) is 7.89. The summed E-state index contributed by atoms with van der Waals surface area (Å²) in [4.78, 5) is 29.5. The Balaban J connectivity index is 1.65. The van der Waals surface area contributed by atoms with Gasteiger partial charge >= 0.3 is 5.97 Å². The summed E-state index contributed by atoms with van der Waals surface area (Å²) in [5.41, 5.74) is 2.42. The number of halogens is 1. The summed E-state index contributed by atoms with van der Waals surface area (Å²) >= 11 is 6.09. The number of aliphatic carboxylic acids is 1. The average molecular weight is 381 g/mol. The fraction of sp³-hybridized carbons (Fsp3) is 0.286. The molecule has 2 atom stereocenters. The summed E-state index contributed by atoms with van der Waals surface area (Å²) in [5, 5.41) is 10.2. The van der Waals surface area contributed by atoms with E-state index in [1.165, 1.54) is 0 Å². The summed E-state index contributed by atoms with van der Waals surface area (Å²) < 4.78 is 1.59. The number of carbonyl (C=O) groups is 1. The number of hydrogen-bond acceptors (Lipinski definition) is 3. The lowest BCUT2D eigenvalue weighted by Crippen LogP contribution is -2.33. The lowest BCUT2D eigenvalue weighted by molar-refractivity contribution is -0.141. The summed E-state index contributed by atoms with van der Waals surface area (Å²) in [6.07, 6.45) is 8.27. The van der Waals surface area contributed by atoms with Crippen LogP contribution in [-0.2, 0) is 11.2 Å². The molecule has 1 aromatic carbocycles. The van der Waals surface area contributed by atoms with E-state index >= 15 is 0 Å². The third kappa shape index (κ3) is 2.42. The summed E-state index contributed by atoms with van der Waals surface area (Å²) in [5.74, 6) is -0.322. The molecule has 2 aliphatic carbocycles. The zero-order chi connectivity index (χ0) is 18.8. The van der Waals surface area contributed by atoms with Gasteiger partial charge in [-0.1, -0.05) is 29.8 Å². The third-order valence-electron chi connectivity index (χ3n) is 5.81. The second kappa shape index (κ2) is 5.67. The van der Waals surface area contributed by atoms with Gasteiger partial charge in [0.25, 0.3) is 5.56 Å². The summed E-state index contributed by atoms with van der Waals surface area (Å²) in [6, 6.07) is 7.27. The number of hydrogen-bond donors (Lipinski definition) is 1. The Kier molecular flexibility index (Phi) is 3.46. The largest absolute Gasteiger partial charge is 0.481 e. The Morgan fingerprint density at radius 2 is 2.22 bits per heavy atom. The van der Waals surface area contributed by atoms with Crippen molar-refractivity contribution in [3.05, 3.63) is 68.4 Å². The van der Waals surface area contributed by atoms with Crippen LogP contribution in [-0.4, -0.2) is 20.6 Å². The molecular weight excluding hydrogens is 364 g/mol. The first-order chi connectivity index (χ1) is 13.0. The van der Waals surface area contributed by atoms with Crippen LogP contribution in [0.1, 0.15) is 47.9 Å². The van der Waals surface area contributed by atoms with E-state index in [1.807, 2.05) is 30.3 Å². The van der Waals surface area contributed by atoms with Crippen molar-refractivity contribution in [1.82, 2.24) is 9.55 Å². The van der Waals surface area contributed by atoms with Crippen LogP contribution < -0.4 is 5.56 Å². The lowest BCUT2D eigenvalue weighted by atomic mass is 9.90. The molecule has 1 aliphatic heterocycles. The van der Waals surface area contributed by atoms with E-state index < -0.39 is 11.4 Å². The molecule has 1 saturated carbocycles. The predicted octanol–water partition coefficient (Wildman–Crippen LogP) is 3.82. The molecule has 136 valence electrons. The molecule has 0 saturated heterocycles. The van der Waals surface area contributed by atoms with Crippen LogP contribution in [0, 0.1) is 5.41 Å². The second-order valence-electron chi connectivity index (χ2n) is 7.45. The lowest BCUT2D eigenvalue weighted by Gasteiger charge is -2.23. The number of benzene rings is 1. The van der Waals surface area contributed by atoms with Gasteiger partial charge in [-0.05, 0) is 61.1 Å². The summed E-state index contributed by atoms with van der Waals surface area (Å²) in [6.45, 7) is 0. The smallest absolute Gasteiger partial charge is 0.315 e. The highest BCUT2D eigenvalue weighted by Gasteiger charge is 2.62. The van der Waals surface area contributed by atoms with Crippen molar-refractivity contribution in [1.29, 1.82) is 0 Å². The molecule has 2 heterocycles. The van der Waals surface area contributed by atoms with Crippen molar-refractivity contribution in [2.75, 3.05) is 0 Å². The molecule has 3 aliphatic rings. The SMILES string of the molecule is O=C(O)C12C=Cc3nc4c(c(=O)n3C1C2)CCC/C4=C/c1cccc(Cl)c1. The number of carboxylic acid groups (broad SMARTS) is 1. The molecule has 1 N–H and O–H groups in total. The molecule has 0 radical (unpaired) electrons. The van der Waals surface area contributed by atoms with Gasteiger partial charge < -0.3 is 5.11 Å². The van der Waals surface area contributed by atoms with Crippen molar-refractivity contribution in [2.24, 2.45) is 5.41 Å². The molecule has 0 bridgehead atoms. The average Bonchev–Trinajstić information content (AvgIpc) is 3.39. The zero-order valence-corrected chi connectivity index (χ0v) is 15.2. The number of carboxylic acids is 1. The van der Waals surface area contributed by atoms with Gasteiger partial charge in [-0.3, -0.25) is 14.2 Å². The first kappa shape index (κ1) is 16.5. The summed E-state index contributed by atoms with van der Waals surface area (Å²) in [7, 11) is 0. The van der Waals surface area contributed by atoms with Crippen molar-refractivity contribution >= 4 is 35.3 Å². The molecule has 0 spiro atoms. The molecule has 0 amide bonds. The van der Waals surface area contributed by atoms with Crippen molar-refractivity contribution in [3.63, 3.8) is 0 Å². The molecule has 5 rings (SSSR count). The minimum Gasteiger partial charge on any atom is -0.481 e. The fourth-order valence-electron chi connectivity index (χ4n) is 4.29. The molecule has 1 fully saturated rings.